The molecule has 0 atom stereocenters. The maximum absolute atomic E-state index is 14.2. The molecule has 2 aliphatic carbocycles. The Labute approximate surface area is 280 Å². The van der Waals surface area contributed by atoms with Gasteiger partial charge < -0.3 is 19.1 Å². The Bertz CT molecular complexity index is 1710. The average Bonchev–Trinajstić information content (AvgIpc) is 2.99. The maximum Gasteiger partial charge on any atom is 0.175 e. The smallest absolute Gasteiger partial charge is 0.175 e. The summed E-state index contributed by atoms with van der Waals surface area (Å²) in [7, 11) is 3.34. The molecule has 1 heterocycles. The summed E-state index contributed by atoms with van der Waals surface area (Å²) >= 11 is 3.79. The van der Waals surface area contributed by atoms with Crippen molar-refractivity contribution in [2.75, 3.05) is 27.4 Å². The van der Waals surface area contributed by atoms with Gasteiger partial charge in [0.15, 0.2) is 23.1 Å². The number of nitrogens with zero attached hydrogens (tertiary/aromatic N) is 1. The second kappa shape index (κ2) is 12.6. The molecule has 0 radical (unpaired) electrons. The Morgan fingerprint density at radius 2 is 1.48 bits per heavy atom. The lowest BCUT2D eigenvalue weighted by Crippen LogP contribution is -2.44. The lowest BCUT2D eigenvalue weighted by Gasteiger charge is -2.49. The quantitative estimate of drug-likeness (QED) is 0.210. The van der Waals surface area contributed by atoms with Crippen LogP contribution in [-0.4, -0.2) is 43.8 Å². The molecular weight excluding hydrogens is 642 g/mol. The molecule has 242 valence electrons. The molecule has 0 saturated carbocycles. The number of methoxy groups -OCH3 is 2. The highest BCUT2D eigenvalue weighted by Crippen LogP contribution is 2.55. The first kappa shape index (κ1) is 32.5. The minimum atomic E-state index is -0.465. The zero-order chi connectivity index (χ0) is 32.8. The van der Waals surface area contributed by atoms with E-state index in [0.29, 0.717) is 44.1 Å². The molecule has 0 saturated heterocycles. The number of ether oxygens (including phenoxy) is 3. The molecule has 0 aromatic heterocycles. The van der Waals surface area contributed by atoms with Gasteiger partial charge in [-0.3, -0.25) is 9.59 Å². The molecular formula is C39H44BrNO5. The topological polar surface area (TPSA) is 65.1 Å². The summed E-state index contributed by atoms with van der Waals surface area (Å²) in [4.78, 5) is 30.7. The van der Waals surface area contributed by atoms with Crippen molar-refractivity contribution in [1.82, 2.24) is 4.90 Å². The van der Waals surface area contributed by atoms with Crippen molar-refractivity contribution in [2.24, 2.45) is 10.8 Å². The molecule has 6 rings (SSSR count). The number of hydrogen-bond acceptors (Lipinski definition) is 6. The molecule has 0 bridgehead atoms. The van der Waals surface area contributed by atoms with Crippen LogP contribution in [0.15, 0.2) is 81.6 Å². The third kappa shape index (κ3) is 6.16. The predicted octanol–water partition coefficient (Wildman–Crippen LogP) is 8.91. The Balaban J connectivity index is 1.46. The van der Waals surface area contributed by atoms with Crippen LogP contribution in [0.4, 0.5) is 0 Å². The van der Waals surface area contributed by atoms with Gasteiger partial charge in [0, 0.05) is 61.6 Å². The Hall–Kier alpha value is -3.42. The van der Waals surface area contributed by atoms with Crippen LogP contribution in [0.25, 0.3) is 10.8 Å². The number of carbonyl (C=O) groups is 2. The third-order valence-corrected chi connectivity index (χ3v) is 10.2. The minimum Gasteiger partial charge on any atom is -0.493 e. The van der Waals surface area contributed by atoms with Gasteiger partial charge in [-0.1, -0.05) is 70.2 Å². The molecule has 46 heavy (non-hydrogen) atoms. The van der Waals surface area contributed by atoms with Crippen LogP contribution in [0.2, 0.25) is 0 Å². The third-order valence-electron chi connectivity index (χ3n) is 9.59. The normalized spacial score (nSPS) is 19.4. The number of allylic oxidation sites excluding steroid dienone is 4. The van der Waals surface area contributed by atoms with Crippen molar-refractivity contribution < 1.29 is 23.8 Å². The summed E-state index contributed by atoms with van der Waals surface area (Å²) in [6.07, 6.45) is 3.24. The van der Waals surface area contributed by atoms with E-state index < -0.39 is 5.92 Å². The number of rotatable bonds is 9. The van der Waals surface area contributed by atoms with E-state index in [1.54, 1.807) is 14.2 Å². The summed E-state index contributed by atoms with van der Waals surface area (Å²) in [5.41, 5.74) is 5.19. The van der Waals surface area contributed by atoms with Crippen LogP contribution in [0, 0.1) is 10.8 Å². The molecule has 0 amide bonds. The highest BCUT2D eigenvalue weighted by atomic mass is 79.9. The van der Waals surface area contributed by atoms with E-state index >= 15 is 0 Å². The fourth-order valence-electron chi connectivity index (χ4n) is 7.63. The van der Waals surface area contributed by atoms with Crippen molar-refractivity contribution in [1.29, 1.82) is 0 Å². The van der Waals surface area contributed by atoms with Gasteiger partial charge in [0.25, 0.3) is 0 Å². The van der Waals surface area contributed by atoms with E-state index in [9.17, 15) is 9.59 Å². The lowest BCUT2D eigenvalue weighted by atomic mass is 9.63. The number of carbonyl (C=O) groups excluding carboxylic acids is 2. The standard InChI is InChI=1S/C39H44BrNO5/c1-38(2)19-29-35(31(42)21-38)34(36-30(41(29)15-10-16-44-5)20-39(3,4)22-32(36)43)26-17-28(40)37(33(18-26)45-6)46-23-25-13-9-12-24-11-7-8-14-27(24)25/h7-9,11-14,17-18,34H,10,15-16,19-23H2,1-6H3. The van der Waals surface area contributed by atoms with E-state index in [1.807, 2.05) is 30.3 Å². The summed E-state index contributed by atoms with van der Waals surface area (Å²) in [5, 5.41) is 2.30. The molecule has 7 heteroatoms. The number of fused-ring (bicyclic) bond motifs is 1. The van der Waals surface area contributed by atoms with Crippen molar-refractivity contribution in [3.8, 4) is 11.5 Å². The van der Waals surface area contributed by atoms with Crippen molar-refractivity contribution in [3.63, 3.8) is 0 Å². The van der Waals surface area contributed by atoms with E-state index in [0.717, 1.165) is 68.2 Å². The van der Waals surface area contributed by atoms with Crippen LogP contribution in [-0.2, 0) is 20.9 Å². The Morgan fingerprint density at radius 3 is 2.11 bits per heavy atom. The van der Waals surface area contributed by atoms with Gasteiger partial charge in [-0.15, -0.1) is 0 Å². The van der Waals surface area contributed by atoms with Gasteiger partial charge in [0.1, 0.15) is 6.61 Å². The number of Topliss-reactive ketones (excluding diaryl/α,β-unsaturated/α-hetero) is 2. The van der Waals surface area contributed by atoms with Crippen molar-refractivity contribution in [3.05, 3.63) is 92.7 Å². The van der Waals surface area contributed by atoms with E-state index in [-0.39, 0.29) is 22.4 Å². The van der Waals surface area contributed by atoms with Crippen LogP contribution < -0.4 is 9.47 Å². The fraction of sp³-hybridized carbons (Fsp3) is 0.436. The SMILES string of the molecule is COCCCN1C2=C(C(=O)CC(C)(C)C2)C(c2cc(Br)c(OCc3cccc4ccccc34)c(OC)c2)C2=C1CC(C)(C)CC2=O. The Kier molecular flexibility index (Phi) is 8.94. The van der Waals surface area contributed by atoms with Gasteiger partial charge in [0.05, 0.1) is 11.6 Å². The van der Waals surface area contributed by atoms with Gasteiger partial charge in [-0.2, -0.15) is 0 Å². The second-order valence-corrected chi connectivity index (χ2v) is 15.3. The largest absolute Gasteiger partial charge is 0.493 e. The molecule has 3 aliphatic rings. The monoisotopic (exact) mass is 685 g/mol. The number of ketones is 2. The average molecular weight is 687 g/mol. The van der Waals surface area contributed by atoms with E-state index in [1.165, 1.54) is 0 Å². The molecule has 6 nitrogen and oxygen atoms in total. The molecule has 3 aromatic carbocycles. The van der Waals surface area contributed by atoms with Crippen LogP contribution in [0.3, 0.4) is 0 Å². The molecule has 0 unspecified atom stereocenters. The summed E-state index contributed by atoms with van der Waals surface area (Å²) in [6, 6.07) is 18.5. The maximum atomic E-state index is 14.2. The Morgan fingerprint density at radius 1 is 0.848 bits per heavy atom. The lowest BCUT2D eigenvalue weighted by molar-refractivity contribution is -0.119. The minimum absolute atomic E-state index is 0.114. The number of benzene rings is 3. The number of halogens is 1. The molecule has 0 N–H and O–H groups in total. The fourth-order valence-corrected chi connectivity index (χ4v) is 8.21. The van der Waals surface area contributed by atoms with E-state index in [4.69, 9.17) is 14.2 Å². The highest BCUT2D eigenvalue weighted by molar-refractivity contribution is 9.10. The zero-order valence-electron chi connectivity index (χ0n) is 27.8. The van der Waals surface area contributed by atoms with Crippen LogP contribution in [0.1, 0.15) is 76.8 Å². The first-order valence-electron chi connectivity index (χ1n) is 16.2. The molecule has 0 spiro atoms. The summed E-state index contributed by atoms with van der Waals surface area (Å²) < 4.78 is 18.5. The van der Waals surface area contributed by atoms with Crippen LogP contribution >= 0.6 is 15.9 Å². The van der Waals surface area contributed by atoms with Gasteiger partial charge >= 0.3 is 0 Å². The highest BCUT2D eigenvalue weighted by Gasteiger charge is 2.49. The van der Waals surface area contributed by atoms with E-state index in [2.05, 4.69) is 72.8 Å². The first-order chi connectivity index (χ1) is 21.9. The summed E-state index contributed by atoms with van der Waals surface area (Å²) in [5.74, 6) is 0.913. The predicted molar refractivity (Wildman–Crippen MR) is 185 cm³/mol. The zero-order valence-corrected chi connectivity index (χ0v) is 29.4. The van der Waals surface area contributed by atoms with Crippen molar-refractivity contribution >= 4 is 38.3 Å². The van der Waals surface area contributed by atoms with Gasteiger partial charge in [-0.25, -0.2) is 0 Å². The molecule has 3 aromatic rings. The molecule has 0 fully saturated rings. The van der Waals surface area contributed by atoms with Gasteiger partial charge in [0.2, 0.25) is 0 Å². The van der Waals surface area contributed by atoms with Crippen LogP contribution in [0.5, 0.6) is 11.5 Å². The van der Waals surface area contributed by atoms with Crippen molar-refractivity contribution in [2.45, 2.75) is 72.3 Å². The number of hydrogen-bond donors (Lipinski definition) is 0. The first-order valence-corrected chi connectivity index (χ1v) is 17.0. The summed E-state index contributed by atoms with van der Waals surface area (Å²) in [6.45, 7) is 10.3. The molecule has 1 aliphatic heterocycles. The second-order valence-electron chi connectivity index (χ2n) is 14.5. The van der Waals surface area contributed by atoms with Gasteiger partial charge in [-0.05, 0) is 80.1 Å².